The van der Waals surface area contributed by atoms with E-state index in [-0.39, 0.29) is 25.6 Å². The summed E-state index contributed by atoms with van der Waals surface area (Å²) in [5.74, 6) is 0.166. The predicted octanol–water partition coefficient (Wildman–Crippen LogP) is 3.79. The smallest absolute Gasteiger partial charge is 0.179 e. The van der Waals surface area contributed by atoms with Crippen molar-refractivity contribution >= 4 is 15.5 Å². The van der Waals surface area contributed by atoms with E-state index in [0.717, 1.165) is 43.6 Å². The number of unbranched alkanes of at least 4 members (excludes halogenated alkanes) is 1. The lowest BCUT2D eigenvalue weighted by Gasteiger charge is -2.39. The fourth-order valence-electron chi connectivity index (χ4n) is 6.45. The molecule has 2 aromatic rings. The van der Waals surface area contributed by atoms with E-state index < -0.39 is 27.3 Å². The number of anilines is 1. The van der Waals surface area contributed by atoms with Gasteiger partial charge in [0.15, 0.2) is 9.84 Å². The summed E-state index contributed by atoms with van der Waals surface area (Å²) < 4.78 is 45.1. The van der Waals surface area contributed by atoms with Gasteiger partial charge in [0.2, 0.25) is 0 Å². The van der Waals surface area contributed by atoms with Crippen molar-refractivity contribution in [3.63, 3.8) is 0 Å². The van der Waals surface area contributed by atoms with E-state index in [1.807, 2.05) is 62.3 Å². The second kappa shape index (κ2) is 20.6. The molecular formula is C37H62ClN2O6S-. The Kier molecular flexibility index (Phi) is 18.9. The van der Waals surface area contributed by atoms with Crippen LogP contribution in [0.2, 0.25) is 0 Å². The first-order valence-electron chi connectivity index (χ1n) is 16.9. The van der Waals surface area contributed by atoms with Crippen molar-refractivity contribution < 1.29 is 40.1 Å². The van der Waals surface area contributed by atoms with Crippen molar-refractivity contribution in [3.8, 4) is 5.75 Å². The average Bonchev–Trinajstić information content (AvgIpc) is 3.10. The molecule has 1 heterocycles. The molecule has 4 atom stereocenters. The van der Waals surface area contributed by atoms with Gasteiger partial charge in [-0.1, -0.05) is 60.1 Å². The largest absolute Gasteiger partial charge is 1.00 e. The number of likely N-dealkylation sites (N-methyl/N-ethyl adjacent to an activating group) is 1. The van der Waals surface area contributed by atoms with Gasteiger partial charge in [-0.05, 0) is 74.2 Å². The SMILES string of the molecule is C.CCCC[C@]1(CC)CS(=O)(=O)c2ccc(N(C)C)cc2[C@@H](c2ccc(OCCOCCOCCN(CC)C(C)CC)cc2)[C@H]1O.[Cl-]. The van der Waals surface area contributed by atoms with Crippen LogP contribution in [0.1, 0.15) is 91.2 Å². The van der Waals surface area contributed by atoms with Gasteiger partial charge in [-0.15, -0.1) is 0 Å². The van der Waals surface area contributed by atoms with Crippen LogP contribution >= 0.6 is 0 Å². The van der Waals surface area contributed by atoms with Crippen LogP contribution in [0, 0.1) is 5.41 Å². The summed E-state index contributed by atoms with van der Waals surface area (Å²) in [7, 11) is 0.260. The molecule has 0 amide bonds. The van der Waals surface area contributed by atoms with Gasteiger partial charge in [-0.25, -0.2) is 8.42 Å². The quantitative estimate of drug-likeness (QED) is 0.222. The first-order chi connectivity index (χ1) is 21.5. The number of hydrogen-bond acceptors (Lipinski definition) is 8. The third kappa shape index (κ3) is 11.3. The Labute approximate surface area is 292 Å². The standard InChI is InChI=1S/C36H58N2O6S.CH4.ClH/c1-8-12-19-36(10-3)27-45(40,41)33-18-15-30(37(6)7)26-32(33)34(35(36)39)29-13-16-31(17-14-29)44-25-24-43-23-22-42-21-20-38(11-4)28(5)9-2;;/h13-18,26,28,34-35,39H,8-12,19-25,27H2,1-7H3;1H4;1H/p-1/t28?,34-,35-,36-;;/m1../s1. The van der Waals surface area contributed by atoms with Crippen molar-refractivity contribution in [1.82, 2.24) is 4.90 Å². The van der Waals surface area contributed by atoms with Crippen LogP contribution in [-0.4, -0.2) is 96.5 Å². The van der Waals surface area contributed by atoms with Crippen LogP contribution in [0.15, 0.2) is 47.4 Å². The number of aliphatic hydroxyl groups excluding tert-OH is 1. The summed E-state index contributed by atoms with van der Waals surface area (Å²) in [6.45, 7) is 15.3. The molecule has 1 aliphatic rings. The number of fused-ring (bicyclic) bond motifs is 1. The lowest BCUT2D eigenvalue weighted by molar-refractivity contribution is -0.0000175. The van der Waals surface area contributed by atoms with Gasteiger partial charge in [0.25, 0.3) is 0 Å². The van der Waals surface area contributed by atoms with Gasteiger partial charge in [0, 0.05) is 43.7 Å². The van der Waals surface area contributed by atoms with Gasteiger partial charge in [0.1, 0.15) is 12.4 Å². The number of sulfone groups is 1. The van der Waals surface area contributed by atoms with E-state index in [1.165, 1.54) is 0 Å². The summed E-state index contributed by atoms with van der Waals surface area (Å²) in [6.07, 6.45) is 3.33. The maximum atomic E-state index is 13.8. The molecule has 1 aliphatic heterocycles. The predicted molar refractivity (Wildman–Crippen MR) is 190 cm³/mol. The van der Waals surface area contributed by atoms with E-state index in [1.54, 1.807) is 6.07 Å². The van der Waals surface area contributed by atoms with Crippen molar-refractivity contribution in [3.05, 3.63) is 53.6 Å². The molecule has 1 unspecified atom stereocenters. The Balaban J connectivity index is 0.00000552. The van der Waals surface area contributed by atoms with Crippen LogP contribution in [0.3, 0.4) is 0 Å². The molecule has 1 N–H and O–H groups in total. The maximum absolute atomic E-state index is 13.8. The fraction of sp³-hybridized carbons (Fsp3) is 0.676. The third-order valence-corrected chi connectivity index (χ3v) is 11.6. The Hall–Kier alpha value is -1.88. The highest BCUT2D eigenvalue weighted by molar-refractivity contribution is 7.91. The molecule has 0 radical (unpaired) electrons. The molecule has 8 nitrogen and oxygen atoms in total. The number of rotatable bonds is 19. The molecule has 0 saturated carbocycles. The molecule has 0 spiro atoms. The van der Waals surface area contributed by atoms with E-state index in [4.69, 9.17) is 14.2 Å². The van der Waals surface area contributed by atoms with E-state index in [9.17, 15) is 13.5 Å². The summed E-state index contributed by atoms with van der Waals surface area (Å²) in [6, 6.07) is 13.8. The van der Waals surface area contributed by atoms with Gasteiger partial charge >= 0.3 is 0 Å². The zero-order chi connectivity index (χ0) is 33.0. The van der Waals surface area contributed by atoms with E-state index in [2.05, 4.69) is 32.6 Å². The Morgan fingerprint density at radius 1 is 0.957 bits per heavy atom. The van der Waals surface area contributed by atoms with Crippen molar-refractivity contribution in [2.45, 2.75) is 97.1 Å². The Morgan fingerprint density at radius 3 is 2.17 bits per heavy atom. The topological polar surface area (TPSA) is 88.5 Å². The number of aliphatic hydroxyl groups is 1. The van der Waals surface area contributed by atoms with Gasteiger partial charge in [-0.3, -0.25) is 4.90 Å². The molecule has 0 saturated heterocycles. The van der Waals surface area contributed by atoms with Crippen LogP contribution in [-0.2, 0) is 19.3 Å². The second-order valence-corrected chi connectivity index (χ2v) is 14.6. The number of ether oxygens (including phenoxy) is 3. The van der Waals surface area contributed by atoms with Gasteiger partial charge in [0.05, 0.1) is 43.2 Å². The molecule has 0 bridgehead atoms. The zero-order valence-corrected chi connectivity index (χ0v) is 30.7. The summed E-state index contributed by atoms with van der Waals surface area (Å²) in [4.78, 5) is 4.71. The molecule has 10 heteroatoms. The average molecular weight is 698 g/mol. The van der Waals surface area contributed by atoms with Crippen LogP contribution in [0.25, 0.3) is 0 Å². The minimum Gasteiger partial charge on any atom is -1.00 e. The molecule has 2 aromatic carbocycles. The summed E-state index contributed by atoms with van der Waals surface area (Å²) in [5, 5.41) is 12.1. The minimum absolute atomic E-state index is 0. The molecule has 0 fully saturated rings. The third-order valence-electron chi connectivity index (χ3n) is 9.58. The highest BCUT2D eigenvalue weighted by atomic mass is 35.5. The molecule has 0 aromatic heterocycles. The van der Waals surface area contributed by atoms with Crippen LogP contribution in [0.4, 0.5) is 5.69 Å². The highest BCUT2D eigenvalue weighted by Crippen LogP contribution is 2.49. The van der Waals surface area contributed by atoms with Crippen molar-refractivity contribution in [2.24, 2.45) is 5.41 Å². The fourth-order valence-corrected chi connectivity index (χ4v) is 8.70. The highest BCUT2D eigenvalue weighted by Gasteiger charge is 2.49. The minimum atomic E-state index is -3.62. The van der Waals surface area contributed by atoms with Crippen molar-refractivity contribution in [2.75, 3.05) is 70.9 Å². The lowest BCUT2D eigenvalue weighted by Crippen LogP contribution is -3.00. The first kappa shape index (κ1) is 43.1. The molecule has 270 valence electrons. The number of halogens is 1. The summed E-state index contributed by atoms with van der Waals surface area (Å²) in [5.41, 5.74) is 1.70. The lowest BCUT2D eigenvalue weighted by atomic mass is 9.69. The monoisotopic (exact) mass is 697 g/mol. The van der Waals surface area contributed by atoms with E-state index >= 15 is 0 Å². The Morgan fingerprint density at radius 2 is 1.60 bits per heavy atom. The molecule has 47 heavy (non-hydrogen) atoms. The number of nitrogens with zero attached hydrogens (tertiary/aromatic N) is 2. The molecule has 3 rings (SSSR count). The van der Waals surface area contributed by atoms with Gasteiger partial charge in [-0.2, -0.15) is 0 Å². The first-order valence-corrected chi connectivity index (χ1v) is 18.5. The Bertz CT molecular complexity index is 1280. The van der Waals surface area contributed by atoms with E-state index in [0.29, 0.717) is 68.1 Å². The van der Waals surface area contributed by atoms with Crippen LogP contribution in [0.5, 0.6) is 5.75 Å². The van der Waals surface area contributed by atoms with Crippen LogP contribution < -0.4 is 22.0 Å². The maximum Gasteiger partial charge on any atom is 0.179 e. The normalized spacial score (nSPS) is 20.8. The van der Waals surface area contributed by atoms with Crippen molar-refractivity contribution in [1.29, 1.82) is 0 Å². The molecular weight excluding hydrogens is 636 g/mol. The number of benzene rings is 2. The molecule has 0 aliphatic carbocycles. The summed E-state index contributed by atoms with van der Waals surface area (Å²) >= 11 is 0. The zero-order valence-electron chi connectivity index (χ0n) is 29.1. The second-order valence-electron chi connectivity index (χ2n) is 12.6. The number of hydrogen-bond donors (Lipinski definition) is 1. The van der Waals surface area contributed by atoms with Gasteiger partial charge < -0.3 is 36.6 Å².